The number of halogens is 1. The summed E-state index contributed by atoms with van der Waals surface area (Å²) in [4.78, 5) is 11.8. The molecule has 8 heteroatoms. The minimum Gasteiger partial charge on any atom is -0.325 e. The zero-order valence-corrected chi connectivity index (χ0v) is 15.2. The van der Waals surface area contributed by atoms with E-state index in [1.165, 1.54) is 23.1 Å². The van der Waals surface area contributed by atoms with Crippen LogP contribution in [0.4, 0.5) is 5.69 Å². The lowest BCUT2D eigenvalue weighted by atomic mass is 10.3. The first-order valence-electron chi connectivity index (χ1n) is 5.82. The summed E-state index contributed by atoms with van der Waals surface area (Å²) in [7, 11) is 0. The van der Waals surface area contributed by atoms with Crippen LogP contribution in [0.15, 0.2) is 32.9 Å². The fourth-order valence-corrected chi connectivity index (χ4v) is 4.59. The Morgan fingerprint density at radius 3 is 2.80 bits per heavy atom. The van der Waals surface area contributed by atoms with Crippen molar-refractivity contribution in [1.29, 1.82) is 0 Å². The largest absolute Gasteiger partial charge is 0.325 e. The van der Waals surface area contributed by atoms with Crippen LogP contribution in [0.25, 0.3) is 0 Å². The fraction of sp³-hybridized carbons (Fsp3) is 0.250. The molecule has 1 heterocycles. The van der Waals surface area contributed by atoms with Gasteiger partial charge in [-0.05, 0) is 46.5 Å². The van der Waals surface area contributed by atoms with Crippen LogP contribution in [-0.4, -0.2) is 27.6 Å². The van der Waals surface area contributed by atoms with Crippen molar-refractivity contribution >= 4 is 69.0 Å². The molecule has 0 saturated carbocycles. The number of carbonyl (C=O) groups excluding carboxylic acids is 1. The molecule has 1 N–H and O–H groups in total. The molecular formula is C12H12IN3OS3. The Morgan fingerprint density at radius 2 is 2.10 bits per heavy atom. The summed E-state index contributed by atoms with van der Waals surface area (Å²) in [5.41, 5.74) is 0.821. The highest BCUT2D eigenvalue weighted by atomic mass is 127. The molecule has 2 rings (SSSR count). The van der Waals surface area contributed by atoms with E-state index >= 15 is 0 Å². The average molecular weight is 437 g/mol. The molecule has 0 aliphatic heterocycles. The van der Waals surface area contributed by atoms with Gasteiger partial charge in [0.1, 0.15) is 0 Å². The molecular weight excluding hydrogens is 425 g/mol. The van der Waals surface area contributed by atoms with Crippen LogP contribution in [-0.2, 0) is 4.79 Å². The van der Waals surface area contributed by atoms with Crippen LogP contribution in [0.3, 0.4) is 0 Å². The van der Waals surface area contributed by atoms with E-state index in [-0.39, 0.29) is 5.91 Å². The van der Waals surface area contributed by atoms with Gasteiger partial charge in [0.2, 0.25) is 5.91 Å². The quantitative estimate of drug-likeness (QED) is 0.547. The summed E-state index contributed by atoms with van der Waals surface area (Å²) >= 11 is 6.83. The molecule has 4 nitrogen and oxygen atoms in total. The molecule has 20 heavy (non-hydrogen) atoms. The summed E-state index contributed by atoms with van der Waals surface area (Å²) in [6.45, 7) is 2.08. The van der Waals surface area contributed by atoms with Crippen molar-refractivity contribution in [3.05, 3.63) is 27.8 Å². The van der Waals surface area contributed by atoms with Gasteiger partial charge in [-0.2, -0.15) is 0 Å². The van der Waals surface area contributed by atoms with Crippen molar-refractivity contribution in [3.63, 3.8) is 0 Å². The molecule has 0 aliphatic carbocycles. The van der Waals surface area contributed by atoms with E-state index in [1.807, 2.05) is 24.3 Å². The highest BCUT2D eigenvalue weighted by Gasteiger charge is 2.08. The molecule has 0 radical (unpaired) electrons. The maximum Gasteiger partial charge on any atom is 0.234 e. The highest BCUT2D eigenvalue weighted by Crippen LogP contribution is 2.28. The number of nitrogens with one attached hydrogen (secondary N) is 1. The lowest BCUT2D eigenvalue weighted by Crippen LogP contribution is -2.13. The Morgan fingerprint density at radius 1 is 1.35 bits per heavy atom. The zero-order chi connectivity index (χ0) is 14.4. The van der Waals surface area contributed by atoms with Gasteiger partial charge in [-0.1, -0.05) is 47.9 Å². The van der Waals surface area contributed by atoms with Crippen LogP contribution in [0.2, 0.25) is 0 Å². The summed E-state index contributed by atoms with van der Waals surface area (Å²) in [6, 6.07) is 7.72. The molecule has 0 fully saturated rings. The van der Waals surface area contributed by atoms with Gasteiger partial charge in [0, 0.05) is 9.26 Å². The van der Waals surface area contributed by atoms with E-state index in [0.717, 1.165) is 23.7 Å². The molecule has 0 unspecified atom stereocenters. The summed E-state index contributed by atoms with van der Waals surface area (Å²) in [6.07, 6.45) is 0. The topological polar surface area (TPSA) is 54.9 Å². The molecule has 106 valence electrons. The number of amides is 1. The Labute approximate surface area is 143 Å². The van der Waals surface area contributed by atoms with E-state index in [0.29, 0.717) is 5.75 Å². The molecule has 1 aromatic heterocycles. The van der Waals surface area contributed by atoms with E-state index < -0.39 is 0 Å². The molecule has 0 aliphatic rings. The van der Waals surface area contributed by atoms with Crippen molar-refractivity contribution in [2.45, 2.75) is 15.6 Å². The van der Waals surface area contributed by atoms with Gasteiger partial charge in [-0.15, -0.1) is 10.2 Å². The van der Waals surface area contributed by atoms with E-state index in [9.17, 15) is 4.79 Å². The van der Waals surface area contributed by atoms with Crippen LogP contribution in [0.5, 0.6) is 0 Å². The van der Waals surface area contributed by atoms with Gasteiger partial charge in [0.25, 0.3) is 0 Å². The summed E-state index contributed by atoms with van der Waals surface area (Å²) in [5.74, 6) is 1.29. The van der Waals surface area contributed by atoms with Crippen molar-refractivity contribution < 1.29 is 4.79 Å². The number of rotatable bonds is 6. The Kier molecular flexibility index (Phi) is 6.59. The molecule has 1 aromatic carbocycles. The number of hydrogen-bond acceptors (Lipinski definition) is 6. The van der Waals surface area contributed by atoms with E-state index in [4.69, 9.17) is 0 Å². The van der Waals surface area contributed by atoms with Gasteiger partial charge >= 0.3 is 0 Å². The van der Waals surface area contributed by atoms with Crippen LogP contribution in [0.1, 0.15) is 6.92 Å². The van der Waals surface area contributed by atoms with E-state index in [1.54, 1.807) is 11.8 Å². The molecule has 0 bridgehead atoms. The number of benzene rings is 1. The number of aromatic nitrogens is 2. The van der Waals surface area contributed by atoms with Crippen molar-refractivity contribution in [2.75, 3.05) is 16.8 Å². The monoisotopic (exact) mass is 437 g/mol. The first kappa shape index (κ1) is 16.1. The second-order valence-electron chi connectivity index (χ2n) is 3.61. The van der Waals surface area contributed by atoms with Crippen LogP contribution in [0, 0.1) is 3.57 Å². The van der Waals surface area contributed by atoms with Crippen LogP contribution < -0.4 is 5.32 Å². The van der Waals surface area contributed by atoms with E-state index in [2.05, 4.69) is 45.0 Å². The van der Waals surface area contributed by atoms with Crippen molar-refractivity contribution in [2.24, 2.45) is 0 Å². The van der Waals surface area contributed by atoms with Gasteiger partial charge in [0.15, 0.2) is 8.68 Å². The lowest BCUT2D eigenvalue weighted by Gasteiger charge is -2.04. The minimum absolute atomic E-state index is 0.0307. The molecule has 1 amide bonds. The number of carbonyl (C=O) groups is 1. The second-order valence-corrected chi connectivity index (χ2v) is 8.57. The molecule has 2 aromatic rings. The second kappa shape index (κ2) is 8.20. The number of hydrogen-bond donors (Lipinski definition) is 1. The smallest absolute Gasteiger partial charge is 0.234 e. The fourth-order valence-electron chi connectivity index (χ4n) is 1.33. The van der Waals surface area contributed by atoms with Gasteiger partial charge < -0.3 is 5.32 Å². The summed E-state index contributed by atoms with van der Waals surface area (Å²) < 4.78 is 2.88. The Hall–Kier alpha value is -0.320. The maximum atomic E-state index is 11.8. The lowest BCUT2D eigenvalue weighted by molar-refractivity contribution is -0.113. The van der Waals surface area contributed by atoms with Crippen molar-refractivity contribution in [1.82, 2.24) is 10.2 Å². The normalized spacial score (nSPS) is 10.5. The predicted octanol–water partition coefficient (Wildman–Crippen LogP) is 3.99. The molecule has 0 atom stereocenters. The zero-order valence-electron chi connectivity index (χ0n) is 10.6. The number of nitrogens with zero attached hydrogens (tertiary/aromatic N) is 2. The third-order valence-electron chi connectivity index (χ3n) is 2.09. The highest BCUT2D eigenvalue weighted by molar-refractivity contribution is 14.1. The Balaban J connectivity index is 1.82. The Bertz CT molecular complexity index is 591. The standard InChI is InChI=1S/C12H12IN3OS3/c1-2-18-11-15-16-12(20-11)19-7-10(17)14-9-5-3-4-8(13)6-9/h3-6H,2,7H2,1H3,(H,14,17). The van der Waals surface area contributed by atoms with Gasteiger partial charge in [-0.3, -0.25) is 4.79 Å². The summed E-state index contributed by atoms with van der Waals surface area (Å²) in [5, 5.41) is 11.0. The number of thioether (sulfide) groups is 2. The third kappa shape index (κ3) is 5.23. The molecule has 0 spiro atoms. The van der Waals surface area contributed by atoms with Gasteiger partial charge in [0.05, 0.1) is 5.75 Å². The third-order valence-corrected chi connectivity index (χ3v) is 5.83. The molecule has 0 saturated heterocycles. The number of anilines is 1. The SMILES string of the molecule is CCSc1nnc(SCC(=O)Nc2cccc(I)c2)s1. The maximum absolute atomic E-state index is 11.8. The minimum atomic E-state index is -0.0307. The van der Waals surface area contributed by atoms with Gasteiger partial charge in [-0.25, -0.2) is 0 Å². The first-order chi connectivity index (χ1) is 9.67. The average Bonchev–Trinajstić information content (AvgIpc) is 2.85. The van der Waals surface area contributed by atoms with Crippen molar-refractivity contribution in [3.8, 4) is 0 Å². The van der Waals surface area contributed by atoms with Crippen LogP contribution >= 0.6 is 57.5 Å². The first-order valence-corrected chi connectivity index (χ1v) is 9.68. The predicted molar refractivity (Wildman–Crippen MR) is 94.8 cm³/mol.